The number of nitrogens with one attached hydrogen (secondary N) is 2. The number of aromatic nitrogens is 3. The van der Waals surface area contributed by atoms with Crippen LogP contribution < -0.4 is 37.0 Å². The Morgan fingerprint density at radius 2 is 1.14 bits per heavy atom. The van der Waals surface area contributed by atoms with E-state index in [1.54, 1.807) is 0 Å². The van der Waals surface area contributed by atoms with E-state index in [2.05, 4.69) is 10.6 Å². The van der Waals surface area contributed by atoms with Gasteiger partial charge in [-0.15, -0.1) is 9.46 Å². The van der Waals surface area contributed by atoms with E-state index in [1.165, 1.54) is 75.9 Å². The largest absolute Gasteiger partial charge is 0.413 e. The van der Waals surface area contributed by atoms with Crippen LogP contribution in [0.3, 0.4) is 0 Å². The third-order valence-electron chi connectivity index (χ3n) is 5.21. The highest BCUT2D eigenvalue weighted by molar-refractivity contribution is 5.95. The Labute approximate surface area is 209 Å². The predicted octanol–water partition coefficient (Wildman–Crippen LogP) is -1.96. The topological polar surface area (TPSA) is 163 Å². The number of hydrogen-bond acceptors (Lipinski definition) is 8. The summed E-state index contributed by atoms with van der Waals surface area (Å²) in [4.78, 5) is 85.7. The van der Waals surface area contributed by atoms with Crippen molar-refractivity contribution < 1.29 is 24.1 Å². The van der Waals surface area contributed by atoms with Crippen molar-refractivity contribution in [2.75, 3.05) is 27.6 Å². The molecule has 3 heterocycles. The van der Waals surface area contributed by atoms with E-state index >= 15 is 0 Å². The van der Waals surface area contributed by atoms with E-state index in [9.17, 15) is 28.8 Å². The molecule has 3 aromatic rings. The summed E-state index contributed by atoms with van der Waals surface area (Å²) in [5.41, 5.74) is -1.90. The Kier molecular flexibility index (Phi) is 8.24. The zero-order chi connectivity index (χ0) is 27.1. The monoisotopic (exact) mass is 512 g/mol. The predicted molar refractivity (Wildman–Crippen MR) is 129 cm³/mol. The van der Waals surface area contributed by atoms with Gasteiger partial charge in [0.25, 0.3) is 34.4 Å². The van der Waals surface area contributed by atoms with E-state index in [4.69, 9.17) is 9.68 Å². The van der Waals surface area contributed by atoms with Crippen molar-refractivity contribution in [3.05, 3.63) is 103 Å². The van der Waals surface area contributed by atoms with Crippen LogP contribution in [0.5, 0.6) is 0 Å². The molecular weight excluding hydrogens is 488 g/mol. The van der Waals surface area contributed by atoms with Gasteiger partial charge in [0.2, 0.25) is 0 Å². The van der Waals surface area contributed by atoms with E-state index < -0.39 is 47.7 Å². The summed E-state index contributed by atoms with van der Waals surface area (Å²) in [6.45, 7) is -0.884. The summed E-state index contributed by atoms with van der Waals surface area (Å²) in [5.74, 6) is -2.21. The average Bonchev–Trinajstić information content (AvgIpc) is 2.89. The number of rotatable bonds is 9. The van der Waals surface area contributed by atoms with Crippen molar-refractivity contribution in [3.8, 4) is 0 Å². The van der Waals surface area contributed by atoms with Crippen molar-refractivity contribution >= 4 is 17.7 Å². The SMILES string of the molecule is COn1c(C(=O)NCN(CNC(=O)c2cccc(=O)n2C)C(=O)c2cccc(=O)n2OC)cccc1=O. The highest BCUT2D eigenvalue weighted by atomic mass is 16.7. The van der Waals surface area contributed by atoms with Crippen molar-refractivity contribution in [2.24, 2.45) is 7.05 Å². The number of carbonyl (C=O) groups excluding carboxylic acids is 3. The zero-order valence-electron chi connectivity index (χ0n) is 20.2. The zero-order valence-corrected chi connectivity index (χ0v) is 20.2. The van der Waals surface area contributed by atoms with Gasteiger partial charge in [-0.3, -0.25) is 28.8 Å². The third kappa shape index (κ3) is 5.75. The molecule has 0 aliphatic carbocycles. The molecule has 0 bridgehead atoms. The molecular formula is C23H24N6O8. The van der Waals surface area contributed by atoms with Crippen molar-refractivity contribution in [2.45, 2.75) is 0 Å². The second kappa shape index (κ2) is 11.5. The molecule has 0 spiro atoms. The van der Waals surface area contributed by atoms with Crippen molar-refractivity contribution in [1.29, 1.82) is 0 Å². The summed E-state index contributed by atoms with van der Waals surface area (Å²) >= 11 is 0. The average molecular weight is 512 g/mol. The molecule has 0 aliphatic heterocycles. The molecule has 0 aliphatic rings. The first kappa shape index (κ1) is 26.5. The Morgan fingerprint density at radius 3 is 1.68 bits per heavy atom. The van der Waals surface area contributed by atoms with Gasteiger partial charge in [0.05, 0.1) is 13.3 Å². The molecule has 0 radical (unpaired) electrons. The van der Waals surface area contributed by atoms with E-state index in [0.29, 0.717) is 0 Å². The summed E-state index contributed by atoms with van der Waals surface area (Å²) in [5, 5.41) is 4.99. The molecule has 0 atom stereocenters. The maximum atomic E-state index is 13.3. The van der Waals surface area contributed by atoms with Crippen LogP contribution in [0.4, 0.5) is 0 Å². The number of amides is 3. The van der Waals surface area contributed by atoms with Crippen molar-refractivity contribution in [3.63, 3.8) is 0 Å². The van der Waals surface area contributed by atoms with Gasteiger partial charge >= 0.3 is 0 Å². The van der Waals surface area contributed by atoms with E-state index in [-0.39, 0.29) is 17.1 Å². The molecule has 0 unspecified atom stereocenters. The first-order chi connectivity index (χ1) is 17.7. The summed E-state index contributed by atoms with van der Waals surface area (Å²) in [7, 11) is 3.82. The Hall–Kier alpha value is -5.14. The van der Waals surface area contributed by atoms with E-state index in [1.807, 2.05) is 0 Å². The lowest BCUT2D eigenvalue weighted by Gasteiger charge is -2.24. The fourth-order valence-corrected chi connectivity index (χ4v) is 3.32. The summed E-state index contributed by atoms with van der Waals surface area (Å²) in [6.07, 6.45) is 0. The van der Waals surface area contributed by atoms with Crippen LogP contribution in [-0.4, -0.2) is 64.2 Å². The maximum absolute atomic E-state index is 13.3. The van der Waals surface area contributed by atoms with E-state index in [0.717, 1.165) is 18.9 Å². The Morgan fingerprint density at radius 1 is 0.703 bits per heavy atom. The number of nitrogens with zero attached hydrogens (tertiary/aromatic N) is 4. The fourth-order valence-electron chi connectivity index (χ4n) is 3.32. The molecule has 37 heavy (non-hydrogen) atoms. The molecule has 3 aromatic heterocycles. The van der Waals surface area contributed by atoms with Crippen LogP contribution in [-0.2, 0) is 7.05 Å². The highest BCUT2D eigenvalue weighted by Gasteiger charge is 2.23. The second-order valence-corrected chi connectivity index (χ2v) is 7.43. The molecule has 194 valence electrons. The van der Waals surface area contributed by atoms with Crippen LogP contribution in [0.1, 0.15) is 31.5 Å². The fraction of sp³-hybridized carbons (Fsp3) is 0.217. The third-order valence-corrected chi connectivity index (χ3v) is 5.21. The smallest absolute Gasteiger partial charge is 0.283 e. The highest BCUT2D eigenvalue weighted by Crippen LogP contribution is 2.03. The molecule has 3 rings (SSSR count). The van der Waals surface area contributed by atoms with Gasteiger partial charge in [-0.1, -0.05) is 18.2 Å². The standard InChI is InChI=1S/C23H24N6O8/c1-26-15(7-4-10-18(26)30)21(33)24-13-27(23(35)17-9-6-12-20(32)29(17)37-3)14-25-22(34)16-8-5-11-19(31)28(16)36-2/h4-12H,13-14H2,1-3H3,(H,24,33)(H,25,34). The summed E-state index contributed by atoms with van der Waals surface area (Å²) in [6, 6.07) is 11.9. The van der Waals surface area contributed by atoms with Gasteiger partial charge in [0.15, 0.2) is 0 Å². The lowest BCUT2D eigenvalue weighted by molar-refractivity contribution is 0.0635. The Bertz CT molecular complexity index is 1510. The summed E-state index contributed by atoms with van der Waals surface area (Å²) < 4.78 is 2.64. The lowest BCUT2D eigenvalue weighted by atomic mass is 10.3. The number of hydrogen-bond donors (Lipinski definition) is 2. The van der Waals surface area contributed by atoms with Crippen LogP contribution in [0.25, 0.3) is 0 Å². The van der Waals surface area contributed by atoms with Crippen LogP contribution >= 0.6 is 0 Å². The van der Waals surface area contributed by atoms with Crippen LogP contribution in [0, 0.1) is 0 Å². The molecule has 3 amide bonds. The van der Waals surface area contributed by atoms with Gasteiger partial charge < -0.3 is 29.8 Å². The quantitative estimate of drug-likeness (QED) is 0.312. The molecule has 14 nitrogen and oxygen atoms in total. The van der Waals surface area contributed by atoms with Gasteiger partial charge in [-0.05, 0) is 18.2 Å². The lowest BCUT2D eigenvalue weighted by Crippen LogP contribution is -2.49. The first-order valence-electron chi connectivity index (χ1n) is 10.7. The number of pyridine rings is 3. The molecule has 2 N–H and O–H groups in total. The van der Waals surface area contributed by atoms with Crippen molar-refractivity contribution in [1.82, 2.24) is 29.6 Å². The minimum atomic E-state index is -0.778. The van der Waals surface area contributed by atoms with Crippen LogP contribution in [0.2, 0.25) is 0 Å². The molecule has 14 heteroatoms. The van der Waals surface area contributed by atoms with Gasteiger partial charge in [-0.25, -0.2) is 0 Å². The van der Waals surface area contributed by atoms with Crippen LogP contribution in [0.15, 0.2) is 69.0 Å². The second-order valence-electron chi connectivity index (χ2n) is 7.43. The minimum absolute atomic E-state index is 0.0332. The first-order valence-corrected chi connectivity index (χ1v) is 10.7. The van der Waals surface area contributed by atoms with Gasteiger partial charge in [0, 0.05) is 25.2 Å². The Balaban J connectivity index is 1.88. The normalized spacial score (nSPS) is 10.4. The molecule has 0 saturated carbocycles. The van der Waals surface area contributed by atoms with Gasteiger partial charge in [-0.2, -0.15) is 0 Å². The molecule has 0 saturated heterocycles. The maximum Gasteiger partial charge on any atom is 0.283 e. The molecule has 0 aromatic carbocycles. The van der Waals surface area contributed by atoms with Gasteiger partial charge in [0.1, 0.15) is 31.3 Å². The molecule has 0 fully saturated rings. The number of carbonyl (C=O) groups is 3. The minimum Gasteiger partial charge on any atom is -0.413 e.